The van der Waals surface area contributed by atoms with E-state index < -0.39 is 5.91 Å². The van der Waals surface area contributed by atoms with Gasteiger partial charge in [-0.1, -0.05) is 37.3 Å². The van der Waals surface area contributed by atoms with E-state index in [0.29, 0.717) is 18.2 Å². The minimum absolute atomic E-state index is 0.178. The Hall–Kier alpha value is -1.99. The van der Waals surface area contributed by atoms with Crippen molar-refractivity contribution in [2.75, 3.05) is 26.8 Å². The van der Waals surface area contributed by atoms with Gasteiger partial charge in [0.05, 0.1) is 12.1 Å². The van der Waals surface area contributed by atoms with Crippen molar-refractivity contribution in [3.05, 3.63) is 22.7 Å². The van der Waals surface area contributed by atoms with Gasteiger partial charge in [0.1, 0.15) is 0 Å². The molecule has 4 N–H and O–H groups in total. The molecule has 27 heavy (non-hydrogen) atoms. The average molecular weight is 398 g/mol. The standard InChI is InChI=1S/C19H28ClN3O4/c1-26-16-11-13(10-15(20)18(16)27-12-17(21)24)19(25)23-9-8-22-14-6-4-2-3-5-7-14/h10-11,14,22H,2-9,12H2,1H3,(H2,21,24)(H,23,25). The molecule has 0 aromatic heterocycles. The quantitative estimate of drug-likeness (QED) is 0.438. The number of methoxy groups -OCH3 is 1. The van der Waals surface area contributed by atoms with Gasteiger partial charge in [0.25, 0.3) is 11.8 Å². The molecule has 0 radical (unpaired) electrons. The van der Waals surface area contributed by atoms with Crippen LogP contribution in [-0.2, 0) is 4.79 Å². The summed E-state index contributed by atoms with van der Waals surface area (Å²) in [4.78, 5) is 23.3. The van der Waals surface area contributed by atoms with Crippen molar-refractivity contribution in [2.45, 2.75) is 44.6 Å². The van der Waals surface area contributed by atoms with E-state index in [4.69, 9.17) is 26.8 Å². The molecule has 2 rings (SSSR count). The first-order chi connectivity index (χ1) is 13.0. The molecule has 2 amide bonds. The third kappa shape index (κ3) is 6.92. The number of nitrogens with one attached hydrogen (secondary N) is 2. The van der Waals surface area contributed by atoms with E-state index in [0.717, 1.165) is 6.54 Å². The Kier molecular flexibility index (Phi) is 8.67. The molecule has 1 aliphatic rings. The summed E-state index contributed by atoms with van der Waals surface area (Å²) in [6.07, 6.45) is 7.58. The largest absolute Gasteiger partial charge is 0.493 e. The fraction of sp³-hybridized carbons (Fsp3) is 0.579. The van der Waals surface area contributed by atoms with Crippen LogP contribution in [0.5, 0.6) is 11.5 Å². The summed E-state index contributed by atoms with van der Waals surface area (Å²) < 4.78 is 10.5. The molecule has 7 nitrogen and oxygen atoms in total. The van der Waals surface area contributed by atoms with E-state index in [9.17, 15) is 9.59 Å². The number of primary amides is 1. The topological polar surface area (TPSA) is 103 Å². The maximum atomic E-state index is 12.4. The average Bonchev–Trinajstić information content (AvgIpc) is 2.92. The van der Waals surface area contributed by atoms with Crippen LogP contribution >= 0.6 is 11.6 Å². The fourth-order valence-electron chi connectivity index (χ4n) is 3.17. The molecule has 150 valence electrons. The Morgan fingerprint density at radius 2 is 1.89 bits per heavy atom. The third-order valence-electron chi connectivity index (χ3n) is 4.55. The van der Waals surface area contributed by atoms with Crippen LogP contribution < -0.4 is 25.8 Å². The van der Waals surface area contributed by atoms with Gasteiger partial charge in [-0.25, -0.2) is 0 Å². The van der Waals surface area contributed by atoms with Crippen molar-refractivity contribution in [2.24, 2.45) is 5.73 Å². The van der Waals surface area contributed by atoms with Gasteiger partial charge < -0.3 is 25.8 Å². The van der Waals surface area contributed by atoms with Crippen LogP contribution in [0.2, 0.25) is 5.02 Å². The second-order valence-corrected chi connectivity index (χ2v) is 7.05. The van der Waals surface area contributed by atoms with Crippen LogP contribution in [0.4, 0.5) is 0 Å². The first-order valence-electron chi connectivity index (χ1n) is 9.31. The first kappa shape index (κ1) is 21.3. The number of halogens is 1. The number of ether oxygens (including phenoxy) is 2. The minimum atomic E-state index is -0.629. The Labute approximate surface area is 164 Å². The van der Waals surface area contributed by atoms with E-state index in [-0.39, 0.29) is 29.0 Å². The predicted molar refractivity (Wildman–Crippen MR) is 105 cm³/mol. The van der Waals surface area contributed by atoms with Crippen molar-refractivity contribution in [1.29, 1.82) is 0 Å². The molecule has 1 fully saturated rings. The van der Waals surface area contributed by atoms with Gasteiger partial charge in [0, 0.05) is 24.7 Å². The number of amides is 2. The Morgan fingerprint density at radius 1 is 1.19 bits per heavy atom. The summed E-state index contributed by atoms with van der Waals surface area (Å²) in [6.45, 7) is 0.921. The lowest BCUT2D eigenvalue weighted by atomic mass is 10.1. The van der Waals surface area contributed by atoms with Gasteiger partial charge >= 0.3 is 0 Å². The zero-order valence-corrected chi connectivity index (χ0v) is 16.4. The van der Waals surface area contributed by atoms with Gasteiger partial charge in [-0.2, -0.15) is 0 Å². The van der Waals surface area contributed by atoms with Crippen LogP contribution in [0.15, 0.2) is 12.1 Å². The second-order valence-electron chi connectivity index (χ2n) is 6.64. The van der Waals surface area contributed by atoms with Gasteiger partial charge in [0.15, 0.2) is 18.1 Å². The number of hydrogen-bond donors (Lipinski definition) is 3. The summed E-state index contributed by atoms with van der Waals surface area (Å²) in [5, 5.41) is 6.56. The zero-order chi connectivity index (χ0) is 19.6. The zero-order valence-electron chi connectivity index (χ0n) is 15.7. The number of carbonyl (C=O) groups excluding carboxylic acids is 2. The molecule has 0 heterocycles. The predicted octanol–water partition coefficient (Wildman–Crippen LogP) is 2.25. The summed E-state index contributed by atoms with van der Waals surface area (Å²) in [5.41, 5.74) is 5.43. The van der Waals surface area contributed by atoms with E-state index in [1.165, 1.54) is 57.8 Å². The second kappa shape index (κ2) is 11.0. The molecule has 1 saturated carbocycles. The molecule has 1 aromatic carbocycles. The first-order valence-corrected chi connectivity index (χ1v) is 9.69. The van der Waals surface area contributed by atoms with Crippen LogP contribution in [0.25, 0.3) is 0 Å². The highest BCUT2D eigenvalue weighted by Crippen LogP contribution is 2.36. The molecule has 1 aromatic rings. The maximum absolute atomic E-state index is 12.4. The van der Waals surface area contributed by atoms with Gasteiger partial charge in [-0.15, -0.1) is 0 Å². The normalized spacial score (nSPS) is 15.0. The SMILES string of the molecule is COc1cc(C(=O)NCCNC2CCCCCC2)cc(Cl)c1OCC(N)=O. The van der Waals surface area contributed by atoms with Crippen molar-refractivity contribution in [3.8, 4) is 11.5 Å². The highest BCUT2D eigenvalue weighted by Gasteiger charge is 2.17. The summed E-state index contributed by atoms with van der Waals surface area (Å²) in [5.74, 6) is -0.426. The highest BCUT2D eigenvalue weighted by atomic mass is 35.5. The molecule has 0 saturated heterocycles. The monoisotopic (exact) mass is 397 g/mol. The molecule has 0 aliphatic heterocycles. The molecule has 0 unspecified atom stereocenters. The lowest BCUT2D eigenvalue weighted by Crippen LogP contribution is -2.36. The molecule has 0 spiro atoms. The number of hydrogen-bond acceptors (Lipinski definition) is 5. The minimum Gasteiger partial charge on any atom is -0.493 e. The highest BCUT2D eigenvalue weighted by molar-refractivity contribution is 6.32. The Balaban J connectivity index is 1.87. The lowest BCUT2D eigenvalue weighted by Gasteiger charge is -2.16. The molecule has 1 aliphatic carbocycles. The van der Waals surface area contributed by atoms with Crippen molar-refractivity contribution in [3.63, 3.8) is 0 Å². The molecule has 0 atom stereocenters. The van der Waals surface area contributed by atoms with E-state index in [2.05, 4.69) is 10.6 Å². The maximum Gasteiger partial charge on any atom is 0.255 e. The number of nitrogens with two attached hydrogens (primary N) is 1. The fourth-order valence-corrected chi connectivity index (χ4v) is 3.44. The van der Waals surface area contributed by atoms with E-state index >= 15 is 0 Å². The van der Waals surface area contributed by atoms with E-state index in [1.54, 1.807) is 0 Å². The summed E-state index contributed by atoms with van der Waals surface area (Å²) in [6, 6.07) is 3.55. The molecular weight excluding hydrogens is 370 g/mol. The van der Waals surface area contributed by atoms with Gasteiger partial charge in [0.2, 0.25) is 0 Å². The number of rotatable bonds is 9. The third-order valence-corrected chi connectivity index (χ3v) is 4.83. The molecule has 8 heteroatoms. The summed E-state index contributed by atoms with van der Waals surface area (Å²) >= 11 is 6.17. The van der Waals surface area contributed by atoms with Gasteiger partial charge in [-0.05, 0) is 25.0 Å². The van der Waals surface area contributed by atoms with Crippen molar-refractivity contribution >= 4 is 23.4 Å². The molecule has 0 bridgehead atoms. The van der Waals surface area contributed by atoms with Gasteiger partial charge in [-0.3, -0.25) is 9.59 Å². The number of benzene rings is 1. The lowest BCUT2D eigenvalue weighted by molar-refractivity contribution is -0.119. The van der Waals surface area contributed by atoms with Crippen LogP contribution in [0, 0.1) is 0 Å². The van der Waals surface area contributed by atoms with E-state index in [1.807, 2.05) is 0 Å². The van der Waals surface area contributed by atoms with Crippen LogP contribution in [0.1, 0.15) is 48.9 Å². The summed E-state index contributed by atoms with van der Waals surface area (Å²) in [7, 11) is 1.43. The van der Waals surface area contributed by atoms with Crippen LogP contribution in [-0.4, -0.2) is 44.7 Å². The van der Waals surface area contributed by atoms with Crippen molar-refractivity contribution < 1.29 is 19.1 Å². The smallest absolute Gasteiger partial charge is 0.255 e. The number of carbonyl (C=O) groups is 2. The molecular formula is C19H28ClN3O4. The Morgan fingerprint density at radius 3 is 2.52 bits per heavy atom. The Bertz CT molecular complexity index is 646. The van der Waals surface area contributed by atoms with Crippen molar-refractivity contribution in [1.82, 2.24) is 10.6 Å². The van der Waals surface area contributed by atoms with Crippen LogP contribution in [0.3, 0.4) is 0 Å².